The molecule has 0 fully saturated rings. The third-order valence-electron chi connectivity index (χ3n) is 5.16. The van der Waals surface area contributed by atoms with E-state index in [2.05, 4.69) is 15.3 Å². The van der Waals surface area contributed by atoms with E-state index in [1.54, 1.807) is 0 Å². The number of nitrogens with zero attached hydrogens (tertiary/aromatic N) is 3. The molecular formula is C21H16F4N4O2. The normalized spacial score (nSPS) is 20.6. The van der Waals surface area contributed by atoms with Gasteiger partial charge in [-0.3, -0.25) is 9.36 Å². The fourth-order valence-electron chi connectivity index (χ4n) is 3.68. The molecule has 0 saturated carbocycles. The predicted octanol–water partition coefficient (Wildman–Crippen LogP) is 2.57. The van der Waals surface area contributed by atoms with Gasteiger partial charge in [-0.05, 0) is 29.8 Å². The number of alkyl halides is 2. The lowest BCUT2D eigenvalue weighted by Gasteiger charge is -2.32. The third-order valence-corrected chi connectivity index (χ3v) is 5.16. The maximum absolute atomic E-state index is 13.6. The molecule has 4 rings (SSSR count). The number of aliphatic hydroxyl groups excluding tert-OH is 1. The molecule has 3 aromatic rings. The minimum absolute atomic E-state index is 0.127. The molecule has 0 spiro atoms. The van der Waals surface area contributed by atoms with E-state index in [4.69, 9.17) is 0 Å². The van der Waals surface area contributed by atoms with E-state index < -0.39 is 42.1 Å². The van der Waals surface area contributed by atoms with Crippen molar-refractivity contribution in [3.05, 3.63) is 99.7 Å². The van der Waals surface area contributed by atoms with Crippen molar-refractivity contribution in [3.63, 3.8) is 0 Å². The molecule has 0 aliphatic carbocycles. The van der Waals surface area contributed by atoms with Crippen LogP contribution < -0.4 is 10.9 Å². The monoisotopic (exact) mass is 432 g/mol. The van der Waals surface area contributed by atoms with Gasteiger partial charge in [0.25, 0.3) is 5.56 Å². The first-order chi connectivity index (χ1) is 14.8. The summed E-state index contributed by atoms with van der Waals surface area (Å²) in [5.74, 6) is -1.09. The van der Waals surface area contributed by atoms with Crippen LogP contribution in [0.15, 0.2) is 70.7 Å². The quantitative estimate of drug-likeness (QED) is 0.480. The molecule has 31 heavy (non-hydrogen) atoms. The number of aromatic nitrogens is 2. The van der Waals surface area contributed by atoms with Gasteiger partial charge in [0.05, 0.1) is 12.6 Å². The van der Waals surface area contributed by atoms with Gasteiger partial charge in [-0.25, -0.2) is 14.4 Å². The van der Waals surface area contributed by atoms with Crippen molar-refractivity contribution in [2.75, 3.05) is 6.61 Å². The summed E-state index contributed by atoms with van der Waals surface area (Å²) in [6, 6.07) is 9.42. The average Bonchev–Trinajstić information content (AvgIpc) is 3.15. The zero-order valence-corrected chi connectivity index (χ0v) is 15.8. The molecule has 1 aliphatic rings. The number of benzene rings is 1. The van der Waals surface area contributed by atoms with E-state index in [1.807, 2.05) is 0 Å². The van der Waals surface area contributed by atoms with Crippen molar-refractivity contribution in [2.24, 2.45) is 4.99 Å². The molecule has 10 heteroatoms. The highest BCUT2D eigenvalue weighted by molar-refractivity contribution is 6.01. The van der Waals surface area contributed by atoms with Crippen LogP contribution in [0.4, 0.5) is 17.6 Å². The van der Waals surface area contributed by atoms with E-state index in [1.165, 1.54) is 42.6 Å². The van der Waals surface area contributed by atoms with Crippen molar-refractivity contribution in [3.8, 4) is 0 Å². The molecule has 1 aromatic carbocycles. The SMILES string of the molecule is O=c1ccc(C2=N[C@@](c3ccc(F)cc3)(c3ccc(F)nc3)C(CO)N2)cn1C(F)F. The molecule has 1 unspecified atom stereocenters. The molecule has 0 radical (unpaired) electrons. The number of amidine groups is 1. The van der Waals surface area contributed by atoms with Crippen molar-refractivity contribution in [2.45, 2.75) is 18.1 Å². The van der Waals surface area contributed by atoms with Crippen LogP contribution in [0.1, 0.15) is 23.2 Å². The summed E-state index contributed by atoms with van der Waals surface area (Å²) in [5.41, 5.74) is -1.21. The molecule has 0 amide bonds. The lowest BCUT2D eigenvalue weighted by atomic mass is 9.79. The third kappa shape index (κ3) is 3.59. The Labute approximate surface area is 173 Å². The highest BCUT2D eigenvalue weighted by Crippen LogP contribution is 2.40. The van der Waals surface area contributed by atoms with Crippen LogP contribution in [0.5, 0.6) is 0 Å². The summed E-state index contributed by atoms with van der Waals surface area (Å²) in [4.78, 5) is 20.0. The van der Waals surface area contributed by atoms with Crippen LogP contribution in [0.2, 0.25) is 0 Å². The van der Waals surface area contributed by atoms with Gasteiger partial charge in [0.15, 0.2) is 0 Å². The summed E-state index contributed by atoms with van der Waals surface area (Å²) in [7, 11) is 0. The van der Waals surface area contributed by atoms with Gasteiger partial charge in [0.1, 0.15) is 17.2 Å². The lowest BCUT2D eigenvalue weighted by molar-refractivity contribution is 0.0663. The summed E-state index contributed by atoms with van der Waals surface area (Å²) in [5, 5.41) is 13.1. The number of hydrogen-bond acceptors (Lipinski definition) is 5. The molecule has 2 aromatic heterocycles. The van der Waals surface area contributed by atoms with E-state index >= 15 is 0 Å². The molecule has 2 N–H and O–H groups in total. The summed E-state index contributed by atoms with van der Waals surface area (Å²) in [6.07, 6.45) is 2.20. The first-order valence-electron chi connectivity index (χ1n) is 9.21. The maximum atomic E-state index is 13.6. The van der Waals surface area contributed by atoms with Gasteiger partial charge in [0.2, 0.25) is 5.95 Å². The van der Waals surface area contributed by atoms with Crippen LogP contribution >= 0.6 is 0 Å². The largest absolute Gasteiger partial charge is 0.394 e. The van der Waals surface area contributed by atoms with Crippen molar-refractivity contribution in [1.82, 2.24) is 14.9 Å². The maximum Gasteiger partial charge on any atom is 0.321 e. The van der Waals surface area contributed by atoms with Gasteiger partial charge in [-0.15, -0.1) is 0 Å². The minimum Gasteiger partial charge on any atom is -0.394 e. The van der Waals surface area contributed by atoms with E-state index in [0.717, 1.165) is 18.3 Å². The van der Waals surface area contributed by atoms with Crippen LogP contribution in [-0.2, 0) is 5.54 Å². The molecule has 0 bridgehead atoms. The predicted molar refractivity (Wildman–Crippen MR) is 104 cm³/mol. The highest BCUT2D eigenvalue weighted by Gasteiger charge is 2.47. The second-order valence-corrected chi connectivity index (χ2v) is 6.92. The Bertz CT molecular complexity index is 1130. The van der Waals surface area contributed by atoms with Gasteiger partial charge in [0, 0.05) is 29.6 Å². The fourth-order valence-corrected chi connectivity index (χ4v) is 3.68. The number of aliphatic hydroxyl groups is 1. The zero-order chi connectivity index (χ0) is 22.2. The van der Waals surface area contributed by atoms with Crippen LogP contribution in [0, 0.1) is 11.8 Å². The topological polar surface area (TPSA) is 79.5 Å². The van der Waals surface area contributed by atoms with Crippen LogP contribution in [0.3, 0.4) is 0 Å². The van der Waals surface area contributed by atoms with Gasteiger partial charge in [-0.2, -0.15) is 13.2 Å². The molecule has 2 atom stereocenters. The van der Waals surface area contributed by atoms with Gasteiger partial charge >= 0.3 is 6.55 Å². The number of pyridine rings is 2. The lowest BCUT2D eigenvalue weighted by Crippen LogP contribution is -2.46. The molecule has 3 heterocycles. The summed E-state index contributed by atoms with van der Waals surface area (Å²) >= 11 is 0. The Morgan fingerprint density at radius 3 is 2.39 bits per heavy atom. The van der Waals surface area contributed by atoms with E-state index in [-0.39, 0.29) is 16.0 Å². The molecule has 0 saturated heterocycles. The second-order valence-electron chi connectivity index (χ2n) is 6.92. The van der Waals surface area contributed by atoms with Gasteiger partial charge < -0.3 is 10.4 Å². The molecule has 1 aliphatic heterocycles. The fraction of sp³-hybridized carbons (Fsp3) is 0.190. The van der Waals surface area contributed by atoms with E-state index in [0.29, 0.717) is 11.1 Å². The summed E-state index contributed by atoms with van der Waals surface area (Å²) in [6.45, 7) is -3.50. The summed E-state index contributed by atoms with van der Waals surface area (Å²) < 4.78 is 53.6. The van der Waals surface area contributed by atoms with Crippen molar-refractivity contribution in [1.29, 1.82) is 0 Å². The van der Waals surface area contributed by atoms with Crippen LogP contribution in [0.25, 0.3) is 0 Å². The van der Waals surface area contributed by atoms with Crippen LogP contribution in [-0.4, -0.2) is 33.1 Å². The smallest absolute Gasteiger partial charge is 0.321 e. The highest BCUT2D eigenvalue weighted by atomic mass is 19.3. The standard InChI is InChI=1S/C21H16F4N4O2/c22-15-5-2-13(3-6-15)21(14-4-7-17(23)26-9-14)16(11-30)27-19(28-21)12-1-8-18(31)29(10-12)20(24)25/h1-10,16,20,30H,11H2,(H,27,28)/t16?,21-/m0/s1. The number of nitrogens with one attached hydrogen (secondary N) is 1. The Hall–Kier alpha value is -3.53. The average molecular weight is 432 g/mol. The first-order valence-corrected chi connectivity index (χ1v) is 9.21. The molecule has 160 valence electrons. The van der Waals surface area contributed by atoms with E-state index in [9.17, 15) is 27.5 Å². The first kappa shape index (κ1) is 20.7. The number of halogens is 4. The van der Waals surface area contributed by atoms with Gasteiger partial charge in [-0.1, -0.05) is 18.2 Å². The number of aliphatic imine (C=N–C) groups is 1. The molecule has 6 nitrogen and oxygen atoms in total. The second kappa shape index (κ2) is 7.95. The Morgan fingerprint density at radius 2 is 1.77 bits per heavy atom. The van der Waals surface area contributed by atoms with Crippen molar-refractivity contribution >= 4 is 5.84 Å². The number of rotatable bonds is 5. The zero-order valence-electron chi connectivity index (χ0n) is 15.8. The molecular weight excluding hydrogens is 416 g/mol. The number of hydrogen-bond donors (Lipinski definition) is 2. The Balaban J connectivity index is 1.94. The Kier molecular flexibility index (Phi) is 5.32. The Morgan fingerprint density at radius 1 is 1.06 bits per heavy atom. The minimum atomic E-state index is -3.05. The van der Waals surface area contributed by atoms with Crippen molar-refractivity contribution < 1.29 is 22.7 Å².